The average molecular weight is 290 g/mol. The molecule has 4 nitrogen and oxygen atoms in total. The third-order valence-corrected chi connectivity index (χ3v) is 4.31. The summed E-state index contributed by atoms with van der Waals surface area (Å²) < 4.78 is 0. The van der Waals surface area contributed by atoms with Crippen molar-refractivity contribution in [3.63, 3.8) is 0 Å². The molecule has 1 aliphatic heterocycles. The Hall–Kier alpha value is -1.32. The zero-order valence-electron chi connectivity index (χ0n) is 14.1. The van der Waals surface area contributed by atoms with Gasteiger partial charge in [-0.15, -0.1) is 0 Å². The minimum atomic E-state index is 0.574. The number of anilines is 2. The Balaban J connectivity index is 2.39. The van der Waals surface area contributed by atoms with Gasteiger partial charge < -0.3 is 10.2 Å². The van der Waals surface area contributed by atoms with Crippen molar-refractivity contribution >= 4 is 11.6 Å². The van der Waals surface area contributed by atoms with Crippen LogP contribution in [0.2, 0.25) is 0 Å². The van der Waals surface area contributed by atoms with E-state index in [0.29, 0.717) is 6.04 Å². The van der Waals surface area contributed by atoms with Gasteiger partial charge in [0.1, 0.15) is 17.5 Å². The summed E-state index contributed by atoms with van der Waals surface area (Å²) in [5.41, 5.74) is 1.20. The molecule has 4 heteroatoms. The molecule has 0 radical (unpaired) electrons. The standard InChI is InChI=1S/C17H30N4/c1-5-10-15-19-16(18-6-2)14(4)17(20-15)21-12-9-7-8-11-13(21)3/h13H,5-12H2,1-4H3,(H,18,19,20). The number of hydrogen-bond donors (Lipinski definition) is 1. The molecule has 1 aromatic rings. The Bertz CT molecular complexity index is 458. The smallest absolute Gasteiger partial charge is 0.137 e. The van der Waals surface area contributed by atoms with Gasteiger partial charge in [0.2, 0.25) is 0 Å². The second kappa shape index (κ2) is 7.62. The van der Waals surface area contributed by atoms with Crippen molar-refractivity contribution in [2.24, 2.45) is 0 Å². The van der Waals surface area contributed by atoms with E-state index in [0.717, 1.165) is 43.4 Å². The highest BCUT2D eigenvalue weighted by atomic mass is 15.2. The lowest BCUT2D eigenvalue weighted by atomic mass is 10.1. The second-order valence-electron chi connectivity index (χ2n) is 6.11. The van der Waals surface area contributed by atoms with Crippen molar-refractivity contribution in [1.29, 1.82) is 0 Å². The van der Waals surface area contributed by atoms with E-state index in [1.165, 1.54) is 31.2 Å². The Morgan fingerprint density at radius 2 is 2.00 bits per heavy atom. The van der Waals surface area contributed by atoms with E-state index < -0.39 is 0 Å². The van der Waals surface area contributed by atoms with E-state index in [1.54, 1.807) is 0 Å². The van der Waals surface area contributed by atoms with E-state index in [4.69, 9.17) is 9.97 Å². The summed E-state index contributed by atoms with van der Waals surface area (Å²) in [5.74, 6) is 3.15. The zero-order chi connectivity index (χ0) is 15.2. The topological polar surface area (TPSA) is 41.1 Å². The molecule has 118 valence electrons. The fourth-order valence-corrected chi connectivity index (χ4v) is 3.09. The fraction of sp³-hybridized carbons (Fsp3) is 0.765. The van der Waals surface area contributed by atoms with Crippen molar-refractivity contribution in [3.05, 3.63) is 11.4 Å². The highest BCUT2D eigenvalue weighted by molar-refractivity contribution is 5.59. The first-order valence-corrected chi connectivity index (χ1v) is 8.55. The van der Waals surface area contributed by atoms with Crippen LogP contribution in [0.25, 0.3) is 0 Å². The Kier molecular flexibility index (Phi) is 5.83. The Morgan fingerprint density at radius 1 is 1.19 bits per heavy atom. The van der Waals surface area contributed by atoms with Crippen LogP contribution in [0.4, 0.5) is 11.6 Å². The van der Waals surface area contributed by atoms with E-state index >= 15 is 0 Å². The van der Waals surface area contributed by atoms with Gasteiger partial charge >= 0.3 is 0 Å². The molecule has 0 bridgehead atoms. The van der Waals surface area contributed by atoms with Crippen molar-refractivity contribution in [2.75, 3.05) is 23.3 Å². The van der Waals surface area contributed by atoms with Crippen LogP contribution >= 0.6 is 0 Å². The first kappa shape index (κ1) is 16.1. The van der Waals surface area contributed by atoms with Gasteiger partial charge in [0.05, 0.1) is 0 Å². The predicted octanol–water partition coefficient (Wildman–Crippen LogP) is 3.94. The van der Waals surface area contributed by atoms with E-state index in [1.807, 2.05) is 0 Å². The first-order chi connectivity index (χ1) is 10.2. The van der Waals surface area contributed by atoms with Crippen LogP contribution in [-0.2, 0) is 6.42 Å². The predicted molar refractivity (Wildman–Crippen MR) is 90.2 cm³/mol. The molecular formula is C17H30N4. The lowest BCUT2D eigenvalue weighted by molar-refractivity contribution is 0.607. The number of nitrogens with one attached hydrogen (secondary N) is 1. The van der Waals surface area contributed by atoms with Crippen LogP contribution < -0.4 is 10.2 Å². The van der Waals surface area contributed by atoms with Crippen LogP contribution in [0.1, 0.15) is 64.3 Å². The van der Waals surface area contributed by atoms with Crippen LogP contribution in [-0.4, -0.2) is 29.1 Å². The van der Waals surface area contributed by atoms with Crippen molar-refractivity contribution in [3.8, 4) is 0 Å². The van der Waals surface area contributed by atoms with Gasteiger partial charge in [-0.05, 0) is 40.0 Å². The van der Waals surface area contributed by atoms with Crippen molar-refractivity contribution in [1.82, 2.24) is 9.97 Å². The van der Waals surface area contributed by atoms with Crippen LogP contribution in [0.3, 0.4) is 0 Å². The third-order valence-electron chi connectivity index (χ3n) is 4.31. The van der Waals surface area contributed by atoms with Crippen LogP contribution in [0, 0.1) is 6.92 Å². The number of aromatic nitrogens is 2. The van der Waals surface area contributed by atoms with Crippen LogP contribution in [0.5, 0.6) is 0 Å². The summed E-state index contributed by atoms with van der Waals surface area (Å²) in [6.07, 6.45) is 7.25. The highest BCUT2D eigenvalue weighted by Gasteiger charge is 2.22. The first-order valence-electron chi connectivity index (χ1n) is 8.55. The van der Waals surface area contributed by atoms with E-state index in [-0.39, 0.29) is 0 Å². The Labute approximate surface area is 129 Å². The number of hydrogen-bond acceptors (Lipinski definition) is 4. The van der Waals surface area contributed by atoms with Gasteiger partial charge in [0, 0.05) is 31.1 Å². The van der Waals surface area contributed by atoms with E-state index in [9.17, 15) is 0 Å². The highest BCUT2D eigenvalue weighted by Crippen LogP contribution is 2.29. The maximum Gasteiger partial charge on any atom is 0.137 e. The normalized spacial score (nSPS) is 19.4. The number of nitrogens with zero attached hydrogens (tertiary/aromatic N) is 3. The summed E-state index contributed by atoms with van der Waals surface area (Å²) in [6, 6.07) is 0.574. The van der Waals surface area contributed by atoms with Gasteiger partial charge in [-0.1, -0.05) is 19.8 Å². The third kappa shape index (κ3) is 3.86. The summed E-state index contributed by atoms with van der Waals surface area (Å²) >= 11 is 0. The largest absolute Gasteiger partial charge is 0.370 e. The second-order valence-corrected chi connectivity index (χ2v) is 6.11. The molecule has 1 aromatic heterocycles. The monoisotopic (exact) mass is 290 g/mol. The molecule has 1 saturated heterocycles. The molecule has 0 spiro atoms. The quantitative estimate of drug-likeness (QED) is 0.892. The summed E-state index contributed by atoms with van der Waals surface area (Å²) in [6.45, 7) is 10.8. The summed E-state index contributed by atoms with van der Waals surface area (Å²) in [4.78, 5) is 12.1. The van der Waals surface area contributed by atoms with Gasteiger partial charge in [-0.25, -0.2) is 9.97 Å². The van der Waals surface area contributed by atoms with Crippen molar-refractivity contribution < 1.29 is 0 Å². The molecular weight excluding hydrogens is 260 g/mol. The average Bonchev–Trinajstić information content (AvgIpc) is 2.67. The Morgan fingerprint density at radius 3 is 2.71 bits per heavy atom. The number of rotatable bonds is 5. The fourth-order valence-electron chi connectivity index (χ4n) is 3.09. The minimum Gasteiger partial charge on any atom is -0.370 e. The summed E-state index contributed by atoms with van der Waals surface area (Å²) in [7, 11) is 0. The van der Waals surface area contributed by atoms with Gasteiger partial charge in [0.25, 0.3) is 0 Å². The molecule has 1 unspecified atom stereocenters. The molecule has 21 heavy (non-hydrogen) atoms. The molecule has 1 fully saturated rings. The zero-order valence-corrected chi connectivity index (χ0v) is 14.1. The molecule has 0 aromatic carbocycles. The molecule has 0 aliphatic carbocycles. The number of aryl methyl sites for hydroxylation is 1. The molecule has 1 N–H and O–H groups in total. The van der Waals surface area contributed by atoms with Crippen molar-refractivity contribution in [2.45, 2.75) is 72.3 Å². The lowest BCUT2D eigenvalue weighted by Crippen LogP contribution is -2.34. The molecule has 1 aliphatic rings. The van der Waals surface area contributed by atoms with E-state index in [2.05, 4.69) is 37.9 Å². The molecule has 0 saturated carbocycles. The molecule has 2 heterocycles. The maximum atomic E-state index is 4.90. The molecule has 1 atom stereocenters. The SMILES string of the molecule is CCCc1nc(NCC)c(C)c(N2CCCCCC2C)n1. The van der Waals surface area contributed by atoms with Gasteiger partial charge in [0.15, 0.2) is 0 Å². The minimum absolute atomic E-state index is 0.574. The molecule has 0 amide bonds. The van der Waals surface area contributed by atoms with Crippen LogP contribution in [0.15, 0.2) is 0 Å². The summed E-state index contributed by atoms with van der Waals surface area (Å²) in [5, 5.41) is 3.41. The molecule has 2 rings (SSSR count). The lowest BCUT2D eigenvalue weighted by Gasteiger charge is -2.30. The van der Waals surface area contributed by atoms with Gasteiger partial charge in [-0.2, -0.15) is 0 Å². The maximum absolute atomic E-state index is 4.90. The van der Waals surface area contributed by atoms with Gasteiger partial charge in [-0.3, -0.25) is 0 Å².